The van der Waals surface area contributed by atoms with Gasteiger partial charge in [0.25, 0.3) is 0 Å². The molecule has 0 rings (SSSR count). The van der Waals surface area contributed by atoms with Gasteiger partial charge < -0.3 is 14.2 Å². The molecule has 0 atom stereocenters. The molecule has 0 fully saturated rings. The molecule has 0 aliphatic heterocycles. The number of carbonyl (C=O) groups excluding carboxylic acids is 1. The molecule has 0 aromatic heterocycles. The minimum atomic E-state index is -0.0844. The Morgan fingerprint density at radius 1 is 0.389 bits per heavy atom. The van der Waals surface area contributed by atoms with E-state index in [0.717, 1.165) is 25.9 Å². The van der Waals surface area contributed by atoms with Gasteiger partial charge in [0.1, 0.15) is 0 Å². The van der Waals surface area contributed by atoms with Crippen LogP contribution in [0, 0.1) is 0 Å². The van der Waals surface area contributed by atoms with Crippen molar-refractivity contribution in [1.82, 2.24) is 0 Å². The largest absolute Gasteiger partial charge is 0.466 e. The summed E-state index contributed by atoms with van der Waals surface area (Å²) < 4.78 is 16.5. The van der Waals surface area contributed by atoms with Crippen molar-refractivity contribution in [3.63, 3.8) is 0 Å². The molecule has 216 valence electrons. The third-order valence-corrected chi connectivity index (χ3v) is 6.94. The van der Waals surface area contributed by atoms with Crippen LogP contribution in [-0.4, -0.2) is 39.0 Å². The summed E-state index contributed by atoms with van der Waals surface area (Å²) in [6.45, 7) is 7.81. The van der Waals surface area contributed by atoms with E-state index in [1.54, 1.807) is 0 Å². The lowest BCUT2D eigenvalue weighted by Gasteiger charge is -2.07. The van der Waals surface area contributed by atoms with Crippen LogP contribution in [-0.2, 0) is 19.0 Å². The average molecular weight is 513 g/mol. The summed E-state index contributed by atoms with van der Waals surface area (Å²) in [7, 11) is 0. The quantitative estimate of drug-likeness (QED) is 0.0684. The van der Waals surface area contributed by atoms with E-state index in [9.17, 15) is 4.79 Å². The molecule has 0 amide bonds. The first-order chi connectivity index (χ1) is 17.8. The molecule has 0 aliphatic rings. The lowest BCUT2D eigenvalue weighted by Crippen LogP contribution is -2.09. The summed E-state index contributed by atoms with van der Waals surface area (Å²) >= 11 is 0. The zero-order valence-corrected chi connectivity index (χ0v) is 24.6. The molecule has 0 unspecified atom stereocenters. The average Bonchev–Trinajstić information content (AvgIpc) is 2.88. The van der Waals surface area contributed by atoms with Crippen molar-refractivity contribution in [2.45, 2.75) is 168 Å². The van der Waals surface area contributed by atoms with Crippen LogP contribution >= 0.6 is 0 Å². The molecule has 4 nitrogen and oxygen atoms in total. The molecule has 0 saturated carbocycles. The normalized spacial score (nSPS) is 11.3. The van der Waals surface area contributed by atoms with Gasteiger partial charge in [-0.15, -0.1) is 0 Å². The standard InChI is InChI=1S/C32H64O4/c1-3-5-7-9-11-12-13-14-15-16-17-18-19-20-22-24-29-36-32(33)26-25-28-35-31-30-34-27-23-21-10-8-6-4-2/h3-31H2,1-2H3. The van der Waals surface area contributed by atoms with Crippen molar-refractivity contribution in [2.75, 3.05) is 33.0 Å². The Hall–Kier alpha value is -0.610. The van der Waals surface area contributed by atoms with Crippen LogP contribution in [0.25, 0.3) is 0 Å². The number of hydrogen-bond donors (Lipinski definition) is 0. The fourth-order valence-corrected chi connectivity index (χ4v) is 4.53. The first-order valence-electron chi connectivity index (χ1n) is 16.1. The Labute approximate surface area is 226 Å². The first kappa shape index (κ1) is 35.4. The Bertz CT molecular complexity index is 413. The summed E-state index contributed by atoms with van der Waals surface area (Å²) in [6, 6.07) is 0. The predicted octanol–water partition coefficient (Wildman–Crippen LogP) is 9.96. The number of ether oxygens (including phenoxy) is 3. The summed E-state index contributed by atoms with van der Waals surface area (Å²) in [5.41, 5.74) is 0. The first-order valence-corrected chi connectivity index (χ1v) is 16.1. The highest BCUT2D eigenvalue weighted by atomic mass is 16.5. The summed E-state index contributed by atoms with van der Waals surface area (Å²) in [5, 5.41) is 0. The Kier molecular flexibility index (Phi) is 31.9. The molecule has 0 spiro atoms. The molecular weight excluding hydrogens is 448 g/mol. The van der Waals surface area contributed by atoms with Gasteiger partial charge in [-0.1, -0.05) is 142 Å². The predicted molar refractivity (Wildman–Crippen MR) is 155 cm³/mol. The van der Waals surface area contributed by atoms with Crippen molar-refractivity contribution in [2.24, 2.45) is 0 Å². The van der Waals surface area contributed by atoms with E-state index in [-0.39, 0.29) is 5.97 Å². The summed E-state index contributed by atoms with van der Waals surface area (Å²) in [6.07, 6.45) is 30.6. The fourth-order valence-electron chi connectivity index (χ4n) is 4.53. The molecule has 0 bridgehead atoms. The van der Waals surface area contributed by atoms with Crippen molar-refractivity contribution in [3.8, 4) is 0 Å². The summed E-state index contributed by atoms with van der Waals surface area (Å²) in [5.74, 6) is -0.0844. The maximum atomic E-state index is 11.8. The van der Waals surface area contributed by atoms with Crippen LogP contribution in [0.4, 0.5) is 0 Å². The second-order valence-corrected chi connectivity index (χ2v) is 10.6. The van der Waals surface area contributed by atoms with Gasteiger partial charge in [-0.2, -0.15) is 0 Å². The molecular formula is C32H64O4. The topological polar surface area (TPSA) is 44.8 Å². The van der Waals surface area contributed by atoms with Gasteiger partial charge in [0.05, 0.1) is 19.8 Å². The van der Waals surface area contributed by atoms with Gasteiger partial charge in [0.15, 0.2) is 0 Å². The molecule has 0 saturated heterocycles. The van der Waals surface area contributed by atoms with Gasteiger partial charge in [-0.25, -0.2) is 0 Å². The van der Waals surface area contributed by atoms with E-state index >= 15 is 0 Å². The molecule has 0 heterocycles. The highest BCUT2D eigenvalue weighted by Crippen LogP contribution is 2.13. The van der Waals surface area contributed by atoms with Crippen molar-refractivity contribution in [1.29, 1.82) is 0 Å². The van der Waals surface area contributed by atoms with Crippen LogP contribution in [0.1, 0.15) is 168 Å². The summed E-state index contributed by atoms with van der Waals surface area (Å²) in [4.78, 5) is 11.8. The maximum Gasteiger partial charge on any atom is 0.305 e. The Balaban J connectivity index is 3.13. The molecule has 0 aromatic carbocycles. The van der Waals surface area contributed by atoms with E-state index in [4.69, 9.17) is 14.2 Å². The van der Waals surface area contributed by atoms with Crippen LogP contribution in [0.2, 0.25) is 0 Å². The van der Waals surface area contributed by atoms with Gasteiger partial charge in [-0.05, 0) is 19.3 Å². The van der Waals surface area contributed by atoms with E-state index in [2.05, 4.69) is 13.8 Å². The highest BCUT2D eigenvalue weighted by Gasteiger charge is 2.03. The van der Waals surface area contributed by atoms with Crippen LogP contribution in [0.15, 0.2) is 0 Å². The van der Waals surface area contributed by atoms with Gasteiger partial charge in [-0.3, -0.25) is 4.79 Å². The van der Waals surface area contributed by atoms with E-state index in [1.165, 1.54) is 128 Å². The van der Waals surface area contributed by atoms with E-state index < -0.39 is 0 Å². The third-order valence-electron chi connectivity index (χ3n) is 6.94. The van der Waals surface area contributed by atoms with Crippen LogP contribution in [0.5, 0.6) is 0 Å². The number of rotatable bonds is 31. The highest BCUT2D eigenvalue weighted by molar-refractivity contribution is 5.69. The molecule has 4 heteroatoms. The van der Waals surface area contributed by atoms with Crippen LogP contribution < -0.4 is 0 Å². The monoisotopic (exact) mass is 512 g/mol. The smallest absolute Gasteiger partial charge is 0.305 e. The van der Waals surface area contributed by atoms with E-state index in [1.807, 2.05) is 0 Å². The number of esters is 1. The van der Waals surface area contributed by atoms with Gasteiger partial charge >= 0.3 is 5.97 Å². The van der Waals surface area contributed by atoms with Crippen molar-refractivity contribution >= 4 is 5.97 Å². The minimum Gasteiger partial charge on any atom is -0.466 e. The lowest BCUT2D eigenvalue weighted by atomic mass is 10.0. The maximum absolute atomic E-state index is 11.8. The molecule has 0 radical (unpaired) electrons. The molecule has 0 aliphatic carbocycles. The second kappa shape index (κ2) is 32.4. The second-order valence-electron chi connectivity index (χ2n) is 10.6. The SMILES string of the molecule is CCCCCCCCCCCCCCCCCCOC(=O)CCCOCCOCCCCCCCC. The van der Waals surface area contributed by atoms with Gasteiger partial charge in [0.2, 0.25) is 0 Å². The van der Waals surface area contributed by atoms with E-state index in [0.29, 0.717) is 32.8 Å². The number of carbonyl (C=O) groups is 1. The van der Waals surface area contributed by atoms with Gasteiger partial charge in [0, 0.05) is 19.6 Å². The number of unbranched alkanes of at least 4 members (excludes halogenated alkanes) is 20. The fraction of sp³-hybridized carbons (Fsp3) is 0.969. The Morgan fingerprint density at radius 3 is 1.14 bits per heavy atom. The molecule has 0 aromatic rings. The zero-order valence-electron chi connectivity index (χ0n) is 24.6. The third kappa shape index (κ3) is 31.4. The molecule has 36 heavy (non-hydrogen) atoms. The molecule has 0 N–H and O–H groups in total. The zero-order chi connectivity index (χ0) is 26.2. The number of hydrogen-bond acceptors (Lipinski definition) is 4. The lowest BCUT2D eigenvalue weighted by molar-refractivity contribution is -0.144. The minimum absolute atomic E-state index is 0.0844. The van der Waals surface area contributed by atoms with Crippen molar-refractivity contribution in [3.05, 3.63) is 0 Å². The Morgan fingerprint density at radius 2 is 0.722 bits per heavy atom. The van der Waals surface area contributed by atoms with Crippen LogP contribution in [0.3, 0.4) is 0 Å². The van der Waals surface area contributed by atoms with Crippen molar-refractivity contribution < 1.29 is 19.0 Å².